The second-order valence-electron chi connectivity index (χ2n) is 7.02. The summed E-state index contributed by atoms with van der Waals surface area (Å²) < 4.78 is 0. The monoisotopic (exact) mass is 323 g/mol. The van der Waals surface area contributed by atoms with Crippen molar-refractivity contribution in [2.75, 3.05) is 13.1 Å². The fraction of sp³-hybridized carbons (Fsp3) is 0.400. The van der Waals surface area contributed by atoms with Crippen molar-refractivity contribution in [3.8, 4) is 0 Å². The lowest BCUT2D eigenvalue weighted by molar-refractivity contribution is -0.146. The Morgan fingerprint density at radius 1 is 1.08 bits per heavy atom. The van der Waals surface area contributed by atoms with Crippen LogP contribution in [-0.4, -0.2) is 35.0 Å². The number of hydrogen-bond acceptors (Lipinski definition) is 2. The van der Waals surface area contributed by atoms with E-state index in [9.17, 15) is 14.7 Å². The molecule has 0 radical (unpaired) electrons. The number of amides is 1. The van der Waals surface area contributed by atoms with Crippen LogP contribution in [0, 0.1) is 11.8 Å². The SMILES string of the molecule is O=C(O)C1CCCN(C(=O)C2CC2c2ccc3ccccc3c2)C1. The van der Waals surface area contributed by atoms with Crippen LogP contribution >= 0.6 is 0 Å². The average Bonchev–Trinajstić information content (AvgIpc) is 3.41. The van der Waals surface area contributed by atoms with Gasteiger partial charge in [0, 0.05) is 19.0 Å². The summed E-state index contributed by atoms with van der Waals surface area (Å²) >= 11 is 0. The van der Waals surface area contributed by atoms with E-state index in [0.29, 0.717) is 19.5 Å². The van der Waals surface area contributed by atoms with Crippen LogP contribution in [0.25, 0.3) is 10.8 Å². The number of rotatable bonds is 3. The van der Waals surface area contributed by atoms with Crippen LogP contribution < -0.4 is 0 Å². The summed E-state index contributed by atoms with van der Waals surface area (Å²) in [6, 6.07) is 14.7. The van der Waals surface area contributed by atoms with Gasteiger partial charge in [0.15, 0.2) is 0 Å². The third-order valence-corrected chi connectivity index (χ3v) is 5.39. The Bertz CT molecular complexity index is 800. The Morgan fingerprint density at radius 2 is 1.88 bits per heavy atom. The Kier molecular flexibility index (Phi) is 3.75. The lowest BCUT2D eigenvalue weighted by Gasteiger charge is -2.31. The molecule has 1 N–H and O–H groups in total. The number of carboxylic acid groups (broad SMARTS) is 1. The number of carboxylic acids is 1. The van der Waals surface area contributed by atoms with Crippen molar-refractivity contribution in [3.05, 3.63) is 48.0 Å². The molecule has 124 valence electrons. The molecule has 0 spiro atoms. The molecule has 2 aliphatic rings. The maximum atomic E-state index is 12.7. The number of fused-ring (bicyclic) bond motifs is 1. The van der Waals surface area contributed by atoms with Gasteiger partial charge >= 0.3 is 5.97 Å². The van der Waals surface area contributed by atoms with Gasteiger partial charge in [0.2, 0.25) is 5.91 Å². The highest BCUT2D eigenvalue weighted by atomic mass is 16.4. The third-order valence-electron chi connectivity index (χ3n) is 5.39. The number of aliphatic carboxylic acids is 1. The third kappa shape index (κ3) is 2.77. The Labute approximate surface area is 141 Å². The molecule has 3 atom stereocenters. The van der Waals surface area contributed by atoms with E-state index in [4.69, 9.17) is 0 Å². The minimum absolute atomic E-state index is 0.0266. The minimum atomic E-state index is -0.783. The lowest BCUT2D eigenvalue weighted by Crippen LogP contribution is -2.43. The van der Waals surface area contributed by atoms with Gasteiger partial charge in [-0.15, -0.1) is 0 Å². The number of carbonyl (C=O) groups is 2. The van der Waals surface area contributed by atoms with Gasteiger partial charge in [-0.3, -0.25) is 9.59 Å². The predicted molar refractivity (Wildman–Crippen MR) is 91.7 cm³/mol. The van der Waals surface area contributed by atoms with E-state index < -0.39 is 11.9 Å². The van der Waals surface area contributed by atoms with Crippen molar-refractivity contribution in [1.29, 1.82) is 0 Å². The molecule has 1 heterocycles. The number of carbonyl (C=O) groups excluding carboxylic acids is 1. The van der Waals surface area contributed by atoms with Crippen molar-refractivity contribution in [2.45, 2.75) is 25.2 Å². The molecule has 1 aliphatic carbocycles. The Balaban J connectivity index is 1.46. The van der Waals surface area contributed by atoms with Gasteiger partial charge in [-0.1, -0.05) is 42.5 Å². The van der Waals surface area contributed by atoms with E-state index in [2.05, 4.69) is 30.3 Å². The van der Waals surface area contributed by atoms with E-state index in [0.717, 1.165) is 12.8 Å². The van der Waals surface area contributed by atoms with E-state index in [1.165, 1.54) is 16.3 Å². The molecule has 1 saturated carbocycles. The van der Waals surface area contributed by atoms with Crippen molar-refractivity contribution in [2.24, 2.45) is 11.8 Å². The first-order valence-corrected chi connectivity index (χ1v) is 8.64. The molecular formula is C20H21NO3. The predicted octanol–water partition coefficient (Wildman–Crippen LogP) is 3.27. The van der Waals surface area contributed by atoms with Crippen LogP contribution in [0.2, 0.25) is 0 Å². The van der Waals surface area contributed by atoms with Gasteiger partial charge in [0.25, 0.3) is 0 Å². The minimum Gasteiger partial charge on any atom is -0.481 e. The second kappa shape index (κ2) is 5.93. The van der Waals surface area contributed by atoms with E-state index in [-0.39, 0.29) is 17.7 Å². The maximum Gasteiger partial charge on any atom is 0.308 e. The molecule has 0 aromatic heterocycles. The summed E-state index contributed by atoms with van der Waals surface area (Å²) in [6.07, 6.45) is 2.35. The molecule has 3 unspecified atom stereocenters. The molecule has 4 rings (SSSR count). The number of hydrogen-bond donors (Lipinski definition) is 1. The second-order valence-corrected chi connectivity index (χ2v) is 7.02. The molecule has 0 bridgehead atoms. The molecule has 1 amide bonds. The van der Waals surface area contributed by atoms with Crippen LogP contribution in [0.15, 0.2) is 42.5 Å². The molecule has 2 fully saturated rings. The van der Waals surface area contributed by atoms with Gasteiger partial charge in [-0.2, -0.15) is 0 Å². The van der Waals surface area contributed by atoms with Crippen molar-refractivity contribution >= 4 is 22.6 Å². The Hall–Kier alpha value is -2.36. The maximum absolute atomic E-state index is 12.7. The van der Waals surface area contributed by atoms with Gasteiger partial charge in [-0.05, 0) is 41.5 Å². The smallest absolute Gasteiger partial charge is 0.308 e. The first kappa shape index (κ1) is 15.2. The molecule has 2 aromatic carbocycles. The van der Waals surface area contributed by atoms with Crippen molar-refractivity contribution in [3.63, 3.8) is 0 Å². The van der Waals surface area contributed by atoms with Crippen LogP contribution in [0.1, 0.15) is 30.7 Å². The molecule has 1 saturated heterocycles. The van der Waals surface area contributed by atoms with Crippen molar-refractivity contribution < 1.29 is 14.7 Å². The summed E-state index contributed by atoms with van der Waals surface area (Å²) in [5.74, 6) is -0.736. The average molecular weight is 323 g/mol. The highest BCUT2D eigenvalue weighted by Gasteiger charge is 2.46. The first-order chi connectivity index (χ1) is 11.6. The number of piperidine rings is 1. The number of benzene rings is 2. The molecule has 24 heavy (non-hydrogen) atoms. The van der Waals surface area contributed by atoms with Crippen LogP contribution in [0.5, 0.6) is 0 Å². The summed E-state index contributed by atoms with van der Waals surface area (Å²) in [5.41, 5.74) is 1.22. The summed E-state index contributed by atoms with van der Waals surface area (Å²) in [6.45, 7) is 1.07. The number of likely N-dealkylation sites (tertiary alicyclic amines) is 1. The van der Waals surface area contributed by atoms with Gasteiger partial charge in [0.1, 0.15) is 0 Å². The fourth-order valence-electron chi connectivity index (χ4n) is 3.89. The first-order valence-electron chi connectivity index (χ1n) is 8.64. The summed E-state index contributed by atoms with van der Waals surface area (Å²) in [4.78, 5) is 25.7. The fourth-order valence-corrected chi connectivity index (χ4v) is 3.89. The van der Waals surface area contributed by atoms with Crippen LogP contribution in [-0.2, 0) is 9.59 Å². The Morgan fingerprint density at radius 3 is 2.67 bits per heavy atom. The quantitative estimate of drug-likeness (QED) is 0.943. The van der Waals surface area contributed by atoms with Gasteiger partial charge < -0.3 is 10.0 Å². The zero-order valence-electron chi connectivity index (χ0n) is 13.5. The standard InChI is InChI=1S/C20H21NO3/c22-19(21-9-3-6-16(12-21)20(23)24)18-11-17(18)15-8-7-13-4-1-2-5-14(13)10-15/h1-2,4-5,7-8,10,16-18H,3,6,9,11-12H2,(H,23,24). The van der Waals surface area contributed by atoms with Crippen molar-refractivity contribution in [1.82, 2.24) is 4.90 Å². The summed E-state index contributed by atoms with van der Waals surface area (Å²) in [5, 5.41) is 11.6. The normalized spacial score (nSPS) is 26.3. The van der Waals surface area contributed by atoms with Gasteiger partial charge in [-0.25, -0.2) is 0 Å². The molecule has 1 aliphatic heterocycles. The zero-order chi connectivity index (χ0) is 16.7. The molecule has 2 aromatic rings. The van der Waals surface area contributed by atoms with E-state index in [1.54, 1.807) is 4.90 Å². The molecular weight excluding hydrogens is 302 g/mol. The topological polar surface area (TPSA) is 57.6 Å². The van der Waals surface area contributed by atoms with Crippen LogP contribution in [0.3, 0.4) is 0 Å². The van der Waals surface area contributed by atoms with E-state index >= 15 is 0 Å². The highest BCUT2D eigenvalue weighted by Crippen LogP contribution is 2.49. The molecule has 4 heteroatoms. The number of nitrogens with zero attached hydrogens (tertiary/aromatic N) is 1. The zero-order valence-corrected chi connectivity index (χ0v) is 13.5. The highest BCUT2D eigenvalue weighted by molar-refractivity contribution is 5.86. The molecule has 4 nitrogen and oxygen atoms in total. The lowest BCUT2D eigenvalue weighted by atomic mass is 9.97. The summed E-state index contributed by atoms with van der Waals surface area (Å²) in [7, 11) is 0. The van der Waals surface area contributed by atoms with E-state index in [1.807, 2.05) is 12.1 Å². The van der Waals surface area contributed by atoms with Crippen LogP contribution in [0.4, 0.5) is 0 Å². The largest absolute Gasteiger partial charge is 0.481 e. The van der Waals surface area contributed by atoms with Gasteiger partial charge in [0.05, 0.1) is 5.92 Å².